The molecule has 0 saturated heterocycles. The molecule has 4 bridgehead atoms. The highest BCUT2D eigenvalue weighted by molar-refractivity contribution is 6.32. The molecule has 1 heterocycles. The van der Waals surface area contributed by atoms with Gasteiger partial charge in [-0.05, 0) is 86.5 Å². The smallest absolute Gasteiger partial charge is 0.287 e. The van der Waals surface area contributed by atoms with E-state index in [1.165, 1.54) is 32.1 Å². The molecule has 0 atom stereocenters. The number of halogens is 1. The first-order valence-corrected chi connectivity index (χ1v) is 10.7. The van der Waals surface area contributed by atoms with Gasteiger partial charge in [-0.2, -0.15) is 0 Å². The van der Waals surface area contributed by atoms with Gasteiger partial charge in [0.1, 0.15) is 18.1 Å². The monoisotopic (exact) mass is 399 g/mol. The minimum Gasteiger partial charge on any atom is -0.484 e. The van der Waals surface area contributed by atoms with Crippen LogP contribution in [0.15, 0.2) is 34.7 Å². The average Bonchev–Trinajstić information content (AvgIpc) is 3.13. The third-order valence-corrected chi connectivity index (χ3v) is 7.23. The third kappa shape index (κ3) is 3.32. The second-order valence-electron chi connectivity index (χ2n) is 8.87. The summed E-state index contributed by atoms with van der Waals surface area (Å²) >= 11 is 6.20. The summed E-state index contributed by atoms with van der Waals surface area (Å²) in [5.74, 6) is 4.64. The predicted molar refractivity (Wildman–Crippen MR) is 108 cm³/mol. The van der Waals surface area contributed by atoms with Crippen molar-refractivity contribution in [2.24, 2.45) is 23.7 Å². The molecule has 1 amide bonds. The Kier molecular flexibility index (Phi) is 4.62. The number of benzene rings is 1. The maximum Gasteiger partial charge on any atom is 0.287 e. The summed E-state index contributed by atoms with van der Waals surface area (Å²) in [6, 6.07) is 9.50. The summed E-state index contributed by atoms with van der Waals surface area (Å²) in [7, 11) is 0. The zero-order valence-electron chi connectivity index (χ0n) is 16.1. The number of nitrogens with one attached hydrogen (secondary N) is 1. The van der Waals surface area contributed by atoms with E-state index in [-0.39, 0.29) is 12.5 Å². The van der Waals surface area contributed by atoms with Crippen LogP contribution in [0, 0.1) is 30.6 Å². The lowest BCUT2D eigenvalue weighted by molar-refractivity contribution is -0.0123. The summed E-state index contributed by atoms with van der Waals surface area (Å²) < 4.78 is 11.6. The summed E-state index contributed by atoms with van der Waals surface area (Å²) in [5.41, 5.74) is 0.971. The summed E-state index contributed by atoms with van der Waals surface area (Å²) in [6.07, 6.45) is 6.55. The number of hydrogen-bond acceptors (Lipinski definition) is 3. The molecule has 6 rings (SSSR count). The standard InChI is InChI=1S/C23H26ClNO3/c1-13-3-2-4-19(24)22(13)27-12-18-5-6-20(28-18)23(26)25-21-16-8-14-7-15(10-16)11-17(21)9-14/h2-6,14-17,21H,7-12H2,1H3,(H,25,26). The number of carbonyl (C=O) groups is 1. The number of hydrogen-bond donors (Lipinski definition) is 1. The molecule has 0 aliphatic heterocycles. The van der Waals surface area contributed by atoms with Gasteiger partial charge in [0.25, 0.3) is 5.91 Å². The van der Waals surface area contributed by atoms with Crippen LogP contribution >= 0.6 is 11.6 Å². The molecule has 1 aromatic heterocycles. The number of amides is 1. The number of rotatable bonds is 5. The molecule has 4 fully saturated rings. The van der Waals surface area contributed by atoms with Crippen molar-refractivity contribution in [1.29, 1.82) is 0 Å². The molecule has 2 aromatic rings. The highest BCUT2D eigenvalue weighted by atomic mass is 35.5. The van der Waals surface area contributed by atoms with E-state index in [0.717, 1.165) is 17.4 Å². The Labute approximate surface area is 170 Å². The highest BCUT2D eigenvalue weighted by Gasteiger charge is 2.48. The van der Waals surface area contributed by atoms with Crippen molar-refractivity contribution in [3.63, 3.8) is 0 Å². The van der Waals surface area contributed by atoms with Crippen LogP contribution in [0.25, 0.3) is 0 Å². The summed E-state index contributed by atoms with van der Waals surface area (Å²) in [4.78, 5) is 12.8. The van der Waals surface area contributed by atoms with E-state index in [1.54, 1.807) is 18.2 Å². The van der Waals surface area contributed by atoms with E-state index in [4.69, 9.17) is 20.8 Å². The van der Waals surface area contributed by atoms with Crippen molar-refractivity contribution in [1.82, 2.24) is 5.32 Å². The van der Waals surface area contributed by atoms with Crippen LogP contribution < -0.4 is 10.1 Å². The van der Waals surface area contributed by atoms with Crippen LogP contribution in [0.2, 0.25) is 5.02 Å². The van der Waals surface area contributed by atoms with E-state index in [0.29, 0.717) is 40.2 Å². The lowest BCUT2D eigenvalue weighted by atomic mass is 9.54. The van der Waals surface area contributed by atoms with E-state index < -0.39 is 0 Å². The van der Waals surface area contributed by atoms with E-state index >= 15 is 0 Å². The second kappa shape index (κ2) is 7.14. The first-order chi connectivity index (χ1) is 13.6. The molecule has 1 aromatic carbocycles. The summed E-state index contributed by atoms with van der Waals surface area (Å²) in [6.45, 7) is 2.20. The van der Waals surface area contributed by atoms with Crippen LogP contribution in [0.5, 0.6) is 5.75 Å². The molecular weight excluding hydrogens is 374 g/mol. The fourth-order valence-corrected chi connectivity index (χ4v) is 6.18. The van der Waals surface area contributed by atoms with Crippen molar-refractivity contribution in [3.8, 4) is 5.75 Å². The maximum atomic E-state index is 12.8. The molecule has 4 aliphatic carbocycles. The zero-order valence-corrected chi connectivity index (χ0v) is 16.9. The van der Waals surface area contributed by atoms with Crippen molar-refractivity contribution in [2.45, 2.75) is 51.7 Å². The highest BCUT2D eigenvalue weighted by Crippen LogP contribution is 2.53. The number of carbonyl (C=O) groups excluding carboxylic acids is 1. The van der Waals surface area contributed by atoms with Gasteiger partial charge in [-0.25, -0.2) is 0 Å². The largest absolute Gasteiger partial charge is 0.484 e. The predicted octanol–water partition coefficient (Wildman–Crippen LogP) is 5.37. The van der Waals surface area contributed by atoms with Gasteiger partial charge in [0.05, 0.1) is 5.02 Å². The van der Waals surface area contributed by atoms with Crippen LogP contribution in [0.3, 0.4) is 0 Å². The Balaban J connectivity index is 1.22. The molecule has 4 aliphatic rings. The molecule has 0 unspecified atom stereocenters. The lowest BCUT2D eigenvalue weighted by Gasteiger charge is -2.54. The van der Waals surface area contributed by atoms with Crippen molar-refractivity contribution >= 4 is 17.5 Å². The number of ether oxygens (including phenoxy) is 1. The second-order valence-corrected chi connectivity index (χ2v) is 9.28. The molecule has 0 spiro atoms. The van der Waals surface area contributed by atoms with Crippen LogP contribution in [-0.2, 0) is 6.61 Å². The molecule has 148 valence electrons. The minimum atomic E-state index is -0.0994. The van der Waals surface area contributed by atoms with Gasteiger partial charge < -0.3 is 14.5 Å². The first-order valence-electron chi connectivity index (χ1n) is 10.3. The van der Waals surface area contributed by atoms with E-state index in [1.807, 2.05) is 19.1 Å². The molecular formula is C23H26ClNO3. The number of para-hydroxylation sites is 1. The first kappa shape index (κ1) is 18.1. The van der Waals surface area contributed by atoms with Gasteiger partial charge in [-0.1, -0.05) is 23.7 Å². The molecule has 28 heavy (non-hydrogen) atoms. The van der Waals surface area contributed by atoms with Gasteiger partial charge in [0.15, 0.2) is 5.76 Å². The van der Waals surface area contributed by atoms with Crippen LogP contribution in [0.4, 0.5) is 0 Å². The normalized spacial score (nSPS) is 30.4. The van der Waals surface area contributed by atoms with Gasteiger partial charge >= 0.3 is 0 Å². The molecule has 4 nitrogen and oxygen atoms in total. The average molecular weight is 400 g/mol. The van der Waals surface area contributed by atoms with Gasteiger partial charge in [0.2, 0.25) is 0 Å². The minimum absolute atomic E-state index is 0.0994. The third-order valence-electron chi connectivity index (χ3n) is 6.93. The number of furan rings is 1. The van der Waals surface area contributed by atoms with Crippen molar-refractivity contribution < 1.29 is 13.9 Å². The number of aryl methyl sites for hydroxylation is 1. The van der Waals surface area contributed by atoms with Gasteiger partial charge in [-0.3, -0.25) is 4.79 Å². The Morgan fingerprint density at radius 3 is 2.50 bits per heavy atom. The SMILES string of the molecule is Cc1cccc(Cl)c1OCc1ccc(C(=O)NC2C3CC4CC(C3)CC2C4)o1. The quantitative estimate of drug-likeness (QED) is 0.734. The van der Waals surface area contributed by atoms with Crippen molar-refractivity contribution in [2.75, 3.05) is 0 Å². The Morgan fingerprint density at radius 1 is 1.11 bits per heavy atom. The fraction of sp³-hybridized carbons (Fsp3) is 0.522. The molecule has 5 heteroatoms. The molecule has 4 saturated carbocycles. The zero-order chi connectivity index (χ0) is 19.3. The Morgan fingerprint density at radius 2 is 1.82 bits per heavy atom. The van der Waals surface area contributed by atoms with Gasteiger partial charge in [-0.15, -0.1) is 0 Å². The lowest BCUT2D eigenvalue weighted by Crippen LogP contribution is -2.55. The van der Waals surface area contributed by atoms with Crippen LogP contribution in [0.1, 0.15) is 54.0 Å². The van der Waals surface area contributed by atoms with Gasteiger partial charge in [0, 0.05) is 6.04 Å². The molecule has 1 N–H and O–H groups in total. The summed E-state index contributed by atoms with van der Waals surface area (Å²) in [5, 5.41) is 3.86. The molecule has 0 radical (unpaired) electrons. The van der Waals surface area contributed by atoms with Crippen molar-refractivity contribution in [3.05, 3.63) is 52.4 Å². The topological polar surface area (TPSA) is 51.5 Å². The Hall–Kier alpha value is -1.94. The maximum absolute atomic E-state index is 12.8. The van der Waals surface area contributed by atoms with E-state index in [9.17, 15) is 4.79 Å². The van der Waals surface area contributed by atoms with E-state index in [2.05, 4.69) is 5.32 Å². The van der Waals surface area contributed by atoms with Crippen LogP contribution in [-0.4, -0.2) is 11.9 Å². The fourth-order valence-electron chi connectivity index (χ4n) is 5.90. The Bertz CT molecular complexity index is 841.